The van der Waals surface area contributed by atoms with E-state index in [2.05, 4.69) is 24.3 Å². The Morgan fingerprint density at radius 3 is 1.91 bits per heavy atom. The van der Waals surface area contributed by atoms with Gasteiger partial charge in [-0.15, -0.1) is 0 Å². The van der Waals surface area contributed by atoms with Gasteiger partial charge in [-0.25, -0.2) is 0 Å². The molecule has 3 heteroatoms. The molecule has 4 rings (SSSR count). The maximum Gasteiger partial charge on any atom is 0.304 e. The second-order valence-corrected chi connectivity index (χ2v) is 9.55. The van der Waals surface area contributed by atoms with E-state index in [4.69, 9.17) is 16.3 Å². The second kappa shape index (κ2) is 11.0. The molecule has 1 atom stereocenters. The summed E-state index contributed by atoms with van der Waals surface area (Å²) in [6.45, 7) is 1.46. The molecule has 1 fully saturated rings. The van der Waals surface area contributed by atoms with Crippen LogP contribution in [0.4, 0.5) is 0 Å². The summed E-state index contributed by atoms with van der Waals surface area (Å²) in [6, 6.07) is 26.3. The molecule has 1 aliphatic rings. The maximum atomic E-state index is 12.4. The van der Waals surface area contributed by atoms with Gasteiger partial charge in [-0.1, -0.05) is 123 Å². The number of hydrogen-bond acceptors (Lipinski definition) is 2. The Bertz CT molecular complexity index is 1030. The molecule has 1 unspecified atom stereocenters. The van der Waals surface area contributed by atoms with Crippen LogP contribution in [-0.2, 0) is 15.1 Å². The molecule has 0 bridgehead atoms. The molecule has 0 amide bonds. The molecule has 0 heterocycles. The van der Waals surface area contributed by atoms with Crippen molar-refractivity contribution in [2.45, 2.75) is 69.8 Å². The van der Waals surface area contributed by atoms with Crippen molar-refractivity contribution >= 4 is 17.6 Å². The van der Waals surface area contributed by atoms with Crippen LogP contribution in [0.15, 0.2) is 78.9 Å². The molecule has 0 N–H and O–H groups in total. The van der Waals surface area contributed by atoms with Gasteiger partial charge in [-0.3, -0.25) is 4.79 Å². The number of rotatable bonds is 5. The third-order valence-corrected chi connectivity index (χ3v) is 7.20. The van der Waals surface area contributed by atoms with Crippen LogP contribution in [0.1, 0.15) is 86.5 Å². The van der Waals surface area contributed by atoms with E-state index in [1.165, 1.54) is 63.9 Å². The van der Waals surface area contributed by atoms with Gasteiger partial charge in [0.25, 0.3) is 0 Å². The Hall–Kier alpha value is -2.58. The lowest BCUT2D eigenvalue weighted by Crippen LogP contribution is -2.35. The fraction of sp³-hybridized carbons (Fsp3) is 0.367. The first-order chi connectivity index (χ1) is 16.1. The average Bonchev–Trinajstić information content (AvgIpc) is 2.98. The summed E-state index contributed by atoms with van der Waals surface area (Å²) in [7, 11) is 0. The molecule has 0 radical (unpaired) electrons. The molecule has 172 valence electrons. The van der Waals surface area contributed by atoms with Crippen molar-refractivity contribution in [3.63, 3.8) is 0 Å². The third-order valence-electron chi connectivity index (χ3n) is 6.87. The van der Waals surface area contributed by atoms with Crippen LogP contribution in [0.3, 0.4) is 0 Å². The van der Waals surface area contributed by atoms with E-state index in [1.54, 1.807) is 0 Å². The van der Waals surface area contributed by atoms with Crippen molar-refractivity contribution in [1.29, 1.82) is 0 Å². The van der Waals surface area contributed by atoms with Gasteiger partial charge >= 0.3 is 5.97 Å². The molecular formula is C30H33ClO2. The van der Waals surface area contributed by atoms with Crippen LogP contribution >= 0.6 is 11.6 Å². The molecule has 1 saturated carbocycles. The summed E-state index contributed by atoms with van der Waals surface area (Å²) in [6.07, 6.45) is 10.5. The fourth-order valence-electron chi connectivity index (χ4n) is 5.24. The minimum atomic E-state index is -1.11. The van der Waals surface area contributed by atoms with Crippen molar-refractivity contribution in [3.05, 3.63) is 106 Å². The fourth-order valence-corrected chi connectivity index (χ4v) is 5.51. The van der Waals surface area contributed by atoms with Gasteiger partial charge < -0.3 is 4.74 Å². The Morgan fingerprint density at radius 1 is 0.758 bits per heavy atom. The zero-order chi connectivity index (χ0) is 23.1. The van der Waals surface area contributed by atoms with Crippen molar-refractivity contribution in [2.24, 2.45) is 0 Å². The van der Waals surface area contributed by atoms with E-state index in [9.17, 15) is 4.79 Å². The second-order valence-electron chi connectivity index (χ2n) is 9.14. The summed E-state index contributed by atoms with van der Waals surface area (Å²) >= 11 is 6.70. The van der Waals surface area contributed by atoms with Crippen molar-refractivity contribution in [3.8, 4) is 0 Å². The first-order valence-corrected chi connectivity index (χ1v) is 12.6. The first kappa shape index (κ1) is 23.6. The minimum Gasteiger partial charge on any atom is -0.444 e. The molecule has 1 aliphatic carbocycles. The number of esters is 1. The predicted molar refractivity (Wildman–Crippen MR) is 136 cm³/mol. The Balaban J connectivity index is 1.80. The number of hydrogen-bond donors (Lipinski definition) is 0. The van der Waals surface area contributed by atoms with E-state index in [1.807, 2.05) is 54.6 Å². The van der Waals surface area contributed by atoms with Crippen molar-refractivity contribution in [2.75, 3.05) is 0 Å². The Labute approximate surface area is 202 Å². The van der Waals surface area contributed by atoms with Crippen molar-refractivity contribution < 1.29 is 9.53 Å². The maximum absolute atomic E-state index is 12.4. The highest BCUT2D eigenvalue weighted by atomic mass is 35.5. The largest absolute Gasteiger partial charge is 0.444 e. The van der Waals surface area contributed by atoms with Gasteiger partial charge in [0, 0.05) is 28.6 Å². The minimum absolute atomic E-state index is 0.348. The van der Waals surface area contributed by atoms with Gasteiger partial charge in [-0.2, -0.15) is 0 Å². The lowest BCUT2D eigenvalue weighted by Gasteiger charge is -2.35. The number of ether oxygens (including phenoxy) is 1. The number of carbonyl (C=O) groups is 1. The predicted octanol–water partition coefficient (Wildman–Crippen LogP) is 8.41. The molecule has 2 nitrogen and oxygen atoms in total. The van der Waals surface area contributed by atoms with Crippen LogP contribution in [0.5, 0.6) is 0 Å². The van der Waals surface area contributed by atoms with E-state index in [0.29, 0.717) is 10.9 Å². The van der Waals surface area contributed by atoms with Crippen LogP contribution in [0.2, 0.25) is 5.02 Å². The standard InChI is InChI=1S/C30H33ClO2/c1-23(32)33-30(26-15-9-6-10-16-26,28-17-11-12-18-29(28)31)27-21-19-25(20-22-27)24-13-7-4-2-3-5-8-14-24/h6,9-12,15-22,24H,2-5,7-8,13-14H2,1H3. The highest BCUT2D eigenvalue weighted by Gasteiger charge is 2.41. The molecule has 33 heavy (non-hydrogen) atoms. The molecular weight excluding hydrogens is 428 g/mol. The molecule has 0 aromatic heterocycles. The number of benzene rings is 3. The first-order valence-electron chi connectivity index (χ1n) is 12.2. The van der Waals surface area contributed by atoms with Crippen molar-refractivity contribution in [1.82, 2.24) is 0 Å². The van der Waals surface area contributed by atoms with Gasteiger partial charge in [0.05, 0.1) is 0 Å². The highest BCUT2D eigenvalue weighted by molar-refractivity contribution is 6.31. The summed E-state index contributed by atoms with van der Waals surface area (Å²) in [4.78, 5) is 12.4. The zero-order valence-electron chi connectivity index (χ0n) is 19.4. The van der Waals surface area contributed by atoms with Crippen LogP contribution in [0.25, 0.3) is 0 Å². The van der Waals surface area contributed by atoms with E-state index in [0.717, 1.165) is 16.7 Å². The van der Waals surface area contributed by atoms with E-state index in [-0.39, 0.29) is 5.97 Å². The molecule has 0 spiro atoms. The molecule has 0 aliphatic heterocycles. The normalized spacial score (nSPS) is 17.3. The Kier molecular flexibility index (Phi) is 7.88. The summed E-state index contributed by atoms with van der Waals surface area (Å²) in [5.41, 5.74) is 2.82. The zero-order valence-corrected chi connectivity index (χ0v) is 20.2. The van der Waals surface area contributed by atoms with Gasteiger partial charge in [-0.05, 0) is 30.4 Å². The van der Waals surface area contributed by atoms with Crippen LogP contribution in [-0.4, -0.2) is 5.97 Å². The lowest BCUT2D eigenvalue weighted by molar-refractivity contribution is -0.150. The summed E-state index contributed by atoms with van der Waals surface area (Å²) in [5, 5.41) is 0.572. The molecule has 3 aromatic rings. The Morgan fingerprint density at radius 2 is 1.30 bits per heavy atom. The molecule has 3 aromatic carbocycles. The smallest absolute Gasteiger partial charge is 0.304 e. The number of halogens is 1. The van der Waals surface area contributed by atoms with Crippen LogP contribution in [0, 0.1) is 0 Å². The molecule has 0 saturated heterocycles. The third kappa shape index (κ3) is 5.33. The average molecular weight is 461 g/mol. The monoisotopic (exact) mass is 460 g/mol. The van der Waals surface area contributed by atoms with Gasteiger partial charge in [0.2, 0.25) is 0 Å². The SMILES string of the molecule is CC(=O)OC(c1ccccc1)(c1ccc(C2CCCCCCCC2)cc1)c1ccccc1Cl. The van der Waals surface area contributed by atoms with E-state index < -0.39 is 5.60 Å². The van der Waals surface area contributed by atoms with E-state index >= 15 is 0 Å². The van der Waals surface area contributed by atoms with Gasteiger partial charge in [0.15, 0.2) is 5.60 Å². The summed E-state index contributed by atoms with van der Waals surface area (Å²) < 4.78 is 6.19. The van der Waals surface area contributed by atoms with Gasteiger partial charge in [0.1, 0.15) is 0 Å². The quantitative estimate of drug-likeness (QED) is 0.282. The topological polar surface area (TPSA) is 26.3 Å². The highest BCUT2D eigenvalue weighted by Crippen LogP contribution is 2.44. The number of carbonyl (C=O) groups excluding carboxylic acids is 1. The lowest BCUT2D eigenvalue weighted by atomic mass is 9.79. The summed E-state index contributed by atoms with van der Waals surface area (Å²) in [5.74, 6) is 0.247. The van der Waals surface area contributed by atoms with Crippen LogP contribution < -0.4 is 0 Å².